The van der Waals surface area contributed by atoms with Crippen molar-refractivity contribution >= 4 is 29.8 Å². The predicted molar refractivity (Wildman–Crippen MR) is 109 cm³/mol. The molecule has 1 unspecified atom stereocenters. The number of aliphatic hydroxyl groups excluding tert-OH is 1. The Balaban J connectivity index is 2.09. The highest BCUT2D eigenvalue weighted by atomic mass is 19.1. The summed E-state index contributed by atoms with van der Waals surface area (Å²) in [6.45, 7) is 0. The van der Waals surface area contributed by atoms with Gasteiger partial charge in [-0.05, 0) is 55.2 Å². The first-order valence-electron chi connectivity index (χ1n) is 9.14. The monoisotopic (exact) mass is 401 g/mol. The highest BCUT2D eigenvalue weighted by Crippen LogP contribution is 2.28. The van der Waals surface area contributed by atoms with Gasteiger partial charge in [-0.1, -0.05) is 17.3 Å². The summed E-state index contributed by atoms with van der Waals surface area (Å²) in [7, 11) is 1.36. The average molecular weight is 401 g/mol. The van der Waals surface area contributed by atoms with Crippen molar-refractivity contribution in [2.45, 2.75) is 31.9 Å². The number of anilines is 1. The minimum Gasteiger partial charge on any atom is -0.469 e. The Morgan fingerprint density at radius 3 is 2.69 bits per heavy atom. The van der Waals surface area contributed by atoms with Gasteiger partial charge in [-0.3, -0.25) is 9.79 Å². The van der Waals surface area contributed by atoms with Crippen molar-refractivity contribution < 1.29 is 24.2 Å². The summed E-state index contributed by atoms with van der Waals surface area (Å²) in [5.41, 5.74) is 2.17. The van der Waals surface area contributed by atoms with E-state index in [0.29, 0.717) is 41.8 Å². The van der Waals surface area contributed by atoms with Gasteiger partial charge in [-0.2, -0.15) is 0 Å². The number of unbranched alkanes of at least 4 members (excludes halogenated alkanes) is 2. The van der Waals surface area contributed by atoms with Crippen molar-refractivity contribution in [2.24, 2.45) is 10.1 Å². The van der Waals surface area contributed by atoms with E-state index in [-0.39, 0.29) is 11.8 Å². The molecule has 0 heterocycles. The molecule has 0 fully saturated rings. The smallest absolute Gasteiger partial charge is 0.305 e. The lowest BCUT2D eigenvalue weighted by Gasteiger charge is -2.17. The third-order valence-electron chi connectivity index (χ3n) is 4.13. The minimum atomic E-state index is -1.08. The molecule has 0 aromatic heterocycles. The van der Waals surface area contributed by atoms with E-state index < -0.39 is 6.23 Å². The van der Waals surface area contributed by atoms with E-state index in [1.54, 1.807) is 24.4 Å². The molecule has 0 aliphatic heterocycles. The van der Waals surface area contributed by atoms with E-state index in [4.69, 9.17) is 5.21 Å². The Hall–Kier alpha value is -3.26. The van der Waals surface area contributed by atoms with Crippen LogP contribution in [0.2, 0.25) is 0 Å². The standard InChI is InChI=1S/C21H24FN3O4/c1-29-20(26)5-3-2-4-12-23-19-13-15(14-24-28)6-11-18(19)21(27)25-17-9-7-16(22)8-10-17/h6-14,21,25,27-28H,2-5H2,1H3/b23-12?,24-14+. The summed E-state index contributed by atoms with van der Waals surface area (Å²) in [4.78, 5) is 15.5. The van der Waals surface area contributed by atoms with Gasteiger partial charge in [0.05, 0.1) is 19.0 Å². The number of carbonyl (C=O) groups is 1. The van der Waals surface area contributed by atoms with E-state index in [2.05, 4.69) is 20.2 Å². The molecule has 1 atom stereocenters. The van der Waals surface area contributed by atoms with Gasteiger partial charge in [0.25, 0.3) is 0 Å². The second kappa shape index (κ2) is 11.6. The van der Waals surface area contributed by atoms with Gasteiger partial charge in [0.2, 0.25) is 0 Å². The van der Waals surface area contributed by atoms with Crippen molar-refractivity contribution in [3.05, 3.63) is 59.4 Å². The highest BCUT2D eigenvalue weighted by molar-refractivity contribution is 5.82. The fourth-order valence-corrected chi connectivity index (χ4v) is 2.60. The fourth-order valence-electron chi connectivity index (χ4n) is 2.60. The van der Waals surface area contributed by atoms with Crippen molar-refractivity contribution in [3.8, 4) is 0 Å². The number of nitrogens with one attached hydrogen (secondary N) is 1. The molecular weight excluding hydrogens is 377 g/mol. The van der Waals surface area contributed by atoms with Gasteiger partial charge in [0.1, 0.15) is 5.82 Å². The molecule has 3 N–H and O–H groups in total. The van der Waals surface area contributed by atoms with Crippen molar-refractivity contribution in [2.75, 3.05) is 12.4 Å². The summed E-state index contributed by atoms with van der Waals surface area (Å²) in [6, 6.07) is 10.7. The van der Waals surface area contributed by atoms with Crippen molar-refractivity contribution in [1.29, 1.82) is 0 Å². The number of aliphatic imine (C=N–C) groups is 1. The molecule has 2 rings (SSSR count). The Kier molecular flexibility index (Phi) is 8.78. The number of rotatable bonds is 10. The number of carbonyl (C=O) groups excluding carboxylic acids is 1. The molecule has 8 heteroatoms. The lowest BCUT2D eigenvalue weighted by molar-refractivity contribution is -0.140. The van der Waals surface area contributed by atoms with Crippen LogP contribution in [0, 0.1) is 5.82 Å². The van der Waals surface area contributed by atoms with Crippen LogP contribution in [0.5, 0.6) is 0 Å². The second-order valence-corrected chi connectivity index (χ2v) is 6.25. The largest absolute Gasteiger partial charge is 0.469 e. The van der Waals surface area contributed by atoms with Crippen LogP contribution in [-0.2, 0) is 9.53 Å². The summed E-state index contributed by atoms with van der Waals surface area (Å²) in [5.74, 6) is -0.606. The maximum atomic E-state index is 13.1. The summed E-state index contributed by atoms with van der Waals surface area (Å²) < 4.78 is 17.7. The quantitative estimate of drug-likeness (QED) is 0.138. The Bertz CT molecular complexity index is 854. The molecule has 0 amide bonds. The van der Waals surface area contributed by atoms with E-state index in [1.165, 1.54) is 37.6 Å². The number of methoxy groups -OCH3 is 1. The van der Waals surface area contributed by atoms with Crippen LogP contribution in [0.25, 0.3) is 0 Å². The molecule has 0 radical (unpaired) electrons. The number of nitrogens with zero attached hydrogens (tertiary/aromatic N) is 2. The normalized spacial score (nSPS) is 12.4. The maximum Gasteiger partial charge on any atom is 0.305 e. The predicted octanol–water partition coefficient (Wildman–Crippen LogP) is 4.17. The summed E-state index contributed by atoms with van der Waals surface area (Å²) in [5, 5.41) is 25.2. The van der Waals surface area contributed by atoms with Gasteiger partial charge in [0, 0.05) is 23.9 Å². The third-order valence-corrected chi connectivity index (χ3v) is 4.13. The molecule has 0 bridgehead atoms. The topological polar surface area (TPSA) is 104 Å². The van der Waals surface area contributed by atoms with Crippen LogP contribution < -0.4 is 5.32 Å². The summed E-state index contributed by atoms with van der Waals surface area (Å²) >= 11 is 0. The van der Waals surface area contributed by atoms with Crippen LogP contribution in [0.1, 0.15) is 43.0 Å². The number of hydrogen-bond donors (Lipinski definition) is 3. The molecule has 0 aliphatic carbocycles. The van der Waals surface area contributed by atoms with Crippen LogP contribution in [0.3, 0.4) is 0 Å². The Morgan fingerprint density at radius 2 is 2.00 bits per heavy atom. The fraction of sp³-hybridized carbons (Fsp3) is 0.286. The van der Waals surface area contributed by atoms with Crippen molar-refractivity contribution in [3.63, 3.8) is 0 Å². The first kappa shape index (κ1) is 22.0. The molecule has 2 aromatic rings. The molecule has 0 saturated heterocycles. The zero-order valence-electron chi connectivity index (χ0n) is 16.1. The molecule has 0 spiro atoms. The van der Waals surface area contributed by atoms with Crippen LogP contribution in [0.4, 0.5) is 15.8 Å². The second-order valence-electron chi connectivity index (χ2n) is 6.25. The molecule has 29 heavy (non-hydrogen) atoms. The van der Waals surface area contributed by atoms with Gasteiger partial charge >= 0.3 is 5.97 Å². The lowest BCUT2D eigenvalue weighted by Crippen LogP contribution is -2.10. The van der Waals surface area contributed by atoms with E-state index in [0.717, 1.165) is 6.42 Å². The lowest BCUT2D eigenvalue weighted by atomic mass is 10.1. The maximum absolute atomic E-state index is 13.1. The van der Waals surface area contributed by atoms with Gasteiger partial charge < -0.3 is 20.4 Å². The number of oxime groups is 1. The van der Waals surface area contributed by atoms with E-state index >= 15 is 0 Å². The molecule has 0 saturated carbocycles. The van der Waals surface area contributed by atoms with Crippen LogP contribution in [-0.4, -0.2) is 35.8 Å². The first-order valence-corrected chi connectivity index (χ1v) is 9.14. The Labute approximate surface area is 168 Å². The Morgan fingerprint density at radius 1 is 1.24 bits per heavy atom. The molecule has 154 valence electrons. The number of benzene rings is 2. The number of ether oxygens (including phenoxy) is 1. The number of hydrogen-bond acceptors (Lipinski definition) is 7. The molecule has 0 aliphatic rings. The van der Waals surface area contributed by atoms with Gasteiger partial charge in [0.15, 0.2) is 6.23 Å². The van der Waals surface area contributed by atoms with E-state index in [9.17, 15) is 14.3 Å². The zero-order chi connectivity index (χ0) is 21.1. The first-order chi connectivity index (χ1) is 14.0. The molecular formula is C21H24FN3O4. The van der Waals surface area contributed by atoms with Crippen LogP contribution >= 0.6 is 0 Å². The van der Waals surface area contributed by atoms with E-state index in [1.807, 2.05) is 0 Å². The number of esters is 1. The molecule has 7 nitrogen and oxygen atoms in total. The number of aliphatic hydroxyl groups is 1. The molecule has 2 aromatic carbocycles. The van der Waals surface area contributed by atoms with Gasteiger partial charge in [-0.15, -0.1) is 0 Å². The third kappa shape index (κ3) is 7.34. The van der Waals surface area contributed by atoms with Gasteiger partial charge in [-0.25, -0.2) is 4.39 Å². The highest BCUT2D eigenvalue weighted by Gasteiger charge is 2.13. The average Bonchev–Trinajstić information content (AvgIpc) is 2.72. The van der Waals surface area contributed by atoms with Crippen LogP contribution in [0.15, 0.2) is 52.6 Å². The number of halogens is 1. The van der Waals surface area contributed by atoms with Crippen molar-refractivity contribution in [1.82, 2.24) is 0 Å². The SMILES string of the molecule is COC(=O)CCCCC=Nc1cc(/C=N/O)ccc1C(O)Nc1ccc(F)cc1. The zero-order valence-corrected chi connectivity index (χ0v) is 16.1. The minimum absolute atomic E-state index is 0.241. The summed E-state index contributed by atoms with van der Waals surface area (Å²) in [6.07, 6.45) is 4.36.